The van der Waals surface area contributed by atoms with Gasteiger partial charge in [0.2, 0.25) is 0 Å². The Morgan fingerprint density at radius 1 is 1.32 bits per heavy atom. The first kappa shape index (κ1) is 13.9. The van der Waals surface area contributed by atoms with Gasteiger partial charge in [-0.3, -0.25) is 0 Å². The van der Waals surface area contributed by atoms with Crippen LogP contribution >= 0.6 is 11.3 Å². The van der Waals surface area contributed by atoms with Crippen molar-refractivity contribution in [2.75, 3.05) is 13.7 Å². The summed E-state index contributed by atoms with van der Waals surface area (Å²) < 4.78 is 11.1. The highest BCUT2D eigenvalue weighted by molar-refractivity contribution is 7.07. The summed E-state index contributed by atoms with van der Waals surface area (Å²) in [5.74, 6) is 1.60. The van der Waals surface area contributed by atoms with Crippen molar-refractivity contribution in [3.63, 3.8) is 0 Å². The van der Waals surface area contributed by atoms with Crippen molar-refractivity contribution in [1.29, 1.82) is 0 Å². The van der Waals surface area contributed by atoms with Crippen molar-refractivity contribution in [2.24, 2.45) is 5.73 Å². The molecule has 1 aromatic carbocycles. The maximum Gasteiger partial charge on any atom is 0.127 e. The van der Waals surface area contributed by atoms with Crippen molar-refractivity contribution in [1.82, 2.24) is 0 Å². The molecular formula is C15H19NO2S. The molecule has 0 spiro atoms. The first-order valence-electron chi connectivity index (χ1n) is 6.28. The van der Waals surface area contributed by atoms with Gasteiger partial charge in [0.1, 0.15) is 11.5 Å². The lowest BCUT2D eigenvalue weighted by Crippen LogP contribution is -2.09. The molecule has 4 heteroatoms. The van der Waals surface area contributed by atoms with Crippen LogP contribution in [0.5, 0.6) is 11.5 Å². The maximum atomic E-state index is 5.95. The Morgan fingerprint density at radius 3 is 2.79 bits per heavy atom. The number of hydrogen-bond acceptors (Lipinski definition) is 4. The molecule has 1 aromatic heterocycles. The number of ether oxygens (including phenoxy) is 2. The van der Waals surface area contributed by atoms with E-state index in [-0.39, 0.29) is 6.04 Å². The highest BCUT2D eigenvalue weighted by atomic mass is 32.1. The molecule has 0 aliphatic heterocycles. The molecule has 0 aliphatic carbocycles. The monoisotopic (exact) mass is 277 g/mol. The van der Waals surface area contributed by atoms with E-state index in [1.165, 1.54) is 5.56 Å². The molecule has 2 N–H and O–H groups in total. The van der Waals surface area contributed by atoms with Gasteiger partial charge in [-0.1, -0.05) is 6.07 Å². The number of methoxy groups -OCH3 is 1. The second kappa shape index (κ2) is 6.59. The van der Waals surface area contributed by atoms with Crippen LogP contribution in [0.15, 0.2) is 35.0 Å². The van der Waals surface area contributed by atoms with Crippen LogP contribution in [0.2, 0.25) is 0 Å². The van der Waals surface area contributed by atoms with Crippen LogP contribution in [0.1, 0.15) is 24.1 Å². The summed E-state index contributed by atoms with van der Waals surface area (Å²) in [4.78, 5) is 0. The molecule has 0 fully saturated rings. The van der Waals surface area contributed by atoms with Crippen LogP contribution in [0, 0.1) is 0 Å². The third-order valence-corrected chi connectivity index (χ3v) is 3.67. The quantitative estimate of drug-likeness (QED) is 0.880. The first-order valence-corrected chi connectivity index (χ1v) is 7.22. The molecule has 1 heterocycles. The zero-order valence-electron chi connectivity index (χ0n) is 11.3. The van der Waals surface area contributed by atoms with E-state index >= 15 is 0 Å². The Morgan fingerprint density at radius 2 is 2.16 bits per heavy atom. The van der Waals surface area contributed by atoms with E-state index in [2.05, 4.69) is 16.8 Å². The Labute approximate surface area is 118 Å². The molecular weight excluding hydrogens is 258 g/mol. The Kier molecular flexibility index (Phi) is 4.82. The lowest BCUT2D eigenvalue weighted by Gasteiger charge is -2.15. The summed E-state index contributed by atoms with van der Waals surface area (Å²) in [5.41, 5.74) is 8.26. The van der Waals surface area contributed by atoms with Gasteiger partial charge >= 0.3 is 0 Å². The second-order valence-corrected chi connectivity index (χ2v) is 5.20. The lowest BCUT2D eigenvalue weighted by atomic mass is 10.1. The molecule has 2 aromatic rings. The fourth-order valence-corrected chi connectivity index (χ4v) is 2.56. The third kappa shape index (κ3) is 3.72. The van der Waals surface area contributed by atoms with E-state index < -0.39 is 0 Å². The van der Waals surface area contributed by atoms with Gasteiger partial charge in [0.15, 0.2) is 0 Å². The van der Waals surface area contributed by atoms with E-state index in [0.717, 1.165) is 23.5 Å². The van der Waals surface area contributed by atoms with Crippen LogP contribution in [-0.4, -0.2) is 13.7 Å². The van der Waals surface area contributed by atoms with E-state index in [1.807, 2.05) is 25.1 Å². The Bertz CT molecular complexity index is 509. The summed E-state index contributed by atoms with van der Waals surface area (Å²) in [5, 5.41) is 4.22. The number of benzene rings is 1. The summed E-state index contributed by atoms with van der Waals surface area (Å²) in [6.45, 7) is 2.59. The van der Waals surface area contributed by atoms with Gasteiger partial charge in [0.25, 0.3) is 0 Å². The molecule has 1 unspecified atom stereocenters. The van der Waals surface area contributed by atoms with Crippen molar-refractivity contribution < 1.29 is 9.47 Å². The molecule has 0 saturated heterocycles. The average Bonchev–Trinajstić information content (AvgIpc) is 2.91. The molecule has 0 amide bonds. The molecule has 0 bridgehead atoms. The SMILES string of the molecule is COc1ccc(C(C)N)c(OCCc2ccsc2)c1. The molecule has 3 nitrogen and oxygen atoms in total. The summed E-state index contributed by atoms with van der Waals surface area (Å²) in [6, 6.07) is 7.83. The standard InChI is InChI=1S/C15H19NO2S/c1-11(16)14-4-3-13(17-2)9-15(14)18-7-5-12-6-8-19-10-12/h3-4,6,8-11H,5,7,16H2,1-2H3. The average molecular weight is 277 g/mol. The maximum absolute atomic E-state index is 5.95. The molecule has 0 radical (unpaired) electrons. The van der Waals surface area contributed by atoms with Gasteiger partial charge in [-0.25, -0.2) is 0 Å². The van der Waals surface area contributed by atoms with Gasteiger partial charge in [-0.2, -0.15) is 11.3 Å². The summed E-state index contributed by atoms with van der Waals surface area (Å²) in [7, 11) is 1.65. The van der Waals surface area contributed by atoms with Crippen LogP contribution in [-0.2, 0) is 6.42 Å². The Hall–Kier alpha value is -1.52. The van der Waals surface area contributed by atoms with Crippen molar-refractivity contribution >= 4 is 11.3 Å². The molecule has 102 valence electrons. The zero-order chi connectivity index (χ0) is 13.7. The predicted octanol–water partition coefficient (Wildman–Crippen LogP) is 3.40. The van der Waals surface area contributed by atoms with Gasteiger partial charge in [-0.15, -0.1) is 0 Å². The fraction of sp³-hybridized carbons (Fsp3) is 0.333. The number of hydrogen-bond donors (Lipinski definition) is 1. The lowest BCUT2D eigenvalue weighted by molar-refractivity contribution is 0.314. The van der Waals surface area contributed by atoms with Crippen molar-refractivity contribution in [3.8, 4) is 11.5 Å². The van der Waals surface area contributed by atoms with Crippen LogP contribution in [0.3, 0.4) is 0 Å². The topological polar surface area (TPSA) is 44.5 Å². The number of thiophene rings is 1. The second-order valence-electron chi connectivity index (χ2n) is 4.42. The molecule has 0 aliphatic rings. The van der Waals surface area contributed by atoms with E-state index in [0.29, 0.717) is 6.61 Å². The van der Waals surface area contributed by atoms with Crippen LogP contribution < -0.4 is 15.2 Å². The molecule has 0 saturated carbocycles. The minimum Gasteiger partial charge on any atom is -0.497 e. The minimum absolute atomic E-state index is 0.0537. The van der Waals surface area contributed by atoms with Crippen LogP contribution in [0.25, 0.3) is 0 Å². The largest absolute Gasteiger partial charge is 0.497 e. The zero-order valence-corrected chi connectivity index (χ0v) is 12.1. The van der Waals surface area contributed by atoms with Crippen LogP contribution in [0.4, 0.5) is 0 Å². The smallest absolute Gasteiger partial charge is 0.127 e. The van der Waals surface area contributed by atoms with Gasteiger partial charge in [-0.05, 0) is 35.4 Å². The fourth-order valence-electron chi connectivity index (χ4n) is 1.86. The number of nitrogens with two attached hydrogens (primary N) is 1. The van der Waals surface area contributed by atoms with E-state index in [1.54, 1.807) is 18.4 Å². The first-order chi connectivity index (χ1) is 9.20. The van der Waals surface area contributed by atoms with E-state index in [9.17, 15) is 0 Å². The molecule has 2 rings (SSSR count). The minimum atomic E-state index is -0.0537. The van der Waals surface area contributed by atoms with Crippen molar-refractivity contribution in [2.45, 2.75) is 19.4 Å². The predicted molar refractivity (Wildman–Crippen MR) is 79.1 cm³/mol. The van der Waals surface area contributed by atoms with E-state index in [4.69, 9.17) is 15.2 Å². The van der Waals surface area contributed by atoms with Crippen molar-refractivity contribution in [3.05, 3.63) is 46.2 Å². The number of rotatable bonds is 6. The summed E-state index contributed by atoms with van der Waals surface area (Å²) in [6.07, 6.45) is 0.902. The normalized spacial score (nSPS) is 12.2. The molecule has 19 heavy (non-hydrogen) atoms. The van der Waals surface area contributed by atoms with Gasteiger partial charge in [0.05, 0.1) is 13.7 Å². The van der Waals surface area contributed by atoms with Gasteiger partial charge in [0, 0.05) is 24.1 Å². The highest BCUT2D eigenvalue weighted by Crippen LogP contribution is 2.28. The molecule has 1 atom stereocenters. The highest BCUT2D eigenvalue weighted by Gasteiger charge is 2.09. The Balaban J connectivity index is 2.04. The third-order valence-electron chi connectivity index (χ3n) is 2.94. The van der Waals surface area contributed by atoms with Gasteiger partial charge < -0.3 is 15.2 Å². The summed E-state index contributed by atoms with van der Waals surface area (Å²) >= 11 is 1.70.